The summed E-state index contributed by atoms with van der Waals surface area (Å²) in [4.78, 5) is 0. The van der Waals surface area contributed by atoms with E-state index in [4.69, 9.17) is 5.73 Å². The summed E-state index contributed by atoms with van der Waals surface area (Å²) < 4.78 is 0. The zero-order valence-electron chi connectivity index (χ0n) is 11.9. The van der Waals surface area contributed by atoms with Crippen molar-refractivity contribution in [1.29, 1.82) is 0 Å². The van der Waals surface area contributed by atoms with E-state index in [1.165, 1.54) is 44.1 Å². The molecule has 1 heteroatoms. The minimum atomic E-state index is 0.389. The third-order valence-corrected chi connectivity index (χ3v) is 4.58. The van der Waals surface area contributed by atoms with Crippen molar-refractivity contribution in [3.63, 3.8) is 0 Å². The van der Waals surface area contributed by atoms with Gasteiger partial charge in [0.25, 0.3) is 0 Å². The first-order valence-electron chi connectivity index (χ1n) is 7.59. The lowest BCUT2D eigenvalue weighted by molar-refractivity contribution is 0.329. The van der Waals surface area contributed by atoms with Gasteiger partial charge in [-0.1, -0.05) is 57.4 Å². The van der Waals surface area contributed by atoms with E-state index in [0.29, 0.717) is 6.04 Å². The van der Waals surface area contributed by atoms with Crippen LogP contribution in [0.15, 0.2) is 24.3 Å². The van der Waals surface area contributed by atoms with Crippen LogP contribution in [0.3, 0.4) is 0 Å². The molecule has 1 aliphatic rings. The second-order valence-electron chi connectivity index (χ2n) is 5.81. The maximum atomic E-state index is 6.44. The van der Waals surface area contributed by atoms with Crippen LogP contribution >= 0.6 is 0 Å². The lowest BCUT2D eigenvalue weighted by Crippen LogP contribution is -2.34. The molecule has 1 aliphatic carbocycles. The first kappa shape index (κ1) is 13.6. The molecule has 3 unspecified atom stereocenters. The van der Waals surface area contributed by atoms with E-state index in [0.717, 1.165) is 11.8 Å². The second kappa shape index (κ2) is 6.38. The van der Waals surface area contributed by atoms with E-state index in [1.54, 1.807) is 5.56 Å². The average molecular weight is 245 g/mol. The molecule has 0 aromatic heterocycles. The van der Waals surface area contributed by atoms with Gasteiger partial charge in [0.1, 0.15) is 0 Å². The Morgan fingerprint density at radius 1 is 1.28 bits per heavy atom. The van der Waals surface area contributed by atoms with E-state index in [9.17, 15) is 0 Å². The van der Waals surface area contributed by atoms with E-state index in [1.807, 2.05) is 0 Å². The van der Waals surface area contributed by atoms with Gasteiger partial charge in [-0.2, -0.15) is 0 Å². The molecule has 0 spiro atoms. The van der Waals surface area contributed by atoms with Gasteiger partial charge in [-0.15, -0.1) is 0 Å². The molecule has 0 saturated carbocycles. The molecule has 1 nitrogen and oxygen atoms in total. The van der Waals surface area contributed by atoms with E-state index >= 15 is 0 Å². The summed E-state index contributed by atoms with van der Waals surface area (Å²) in [5, 5.41) is 0. The van der Waals surface area contributed by atoms with Gasteiger partial charge in [0, 0.05) is 6.04 Å². The van der Waals surface area contributed by atoms with Crippen LogP contribution in [-0.4, -0.2) is 6.04 Å². The van der Waals surface area contributed by atoms with E-state index in [2.05, 4.69) is 38.1 Å². The third kappa shape index (κ3) is 2.95. The normalized spacial score (nSPS) is 20.9. The molecule has 1 aromatic carbocycles. The molecular weight excluding hydrogens is 218 g/mol. The summed E-state index contributed by atoms with van der Waals surface area (Å²) >= 11 is 0. The molecule has 0 saturated heterocycles. The van der Waals surface area contributed by atoms with Gasteiger partial charge >= 0.3 is 0 Å². The van der Waals surface area contributed by atoms with Crippen molar-refractivity contribution in [2.75, 3.05) is 0 Å². The number of unbranched alkanes of at least 4 members (excludes halogenated alkanes) is 1. The average Bonchev–Trinajstić information content (AvgIpc) is 2.37. The summed E-state index contributed by atoms with van der Waals surface area (Å²) in [7, 11) is 0. The van der Waals surface area contributed by atoms with Crippen LogP contribution in [0, 0.1) is 5.92 Å². The Morgan fingerprint density at radius 3 is 2.72 bits per heavy atom. The highest BCUT2D eigenvalue weighted by Crippen LogP contribution is 2.39. The van der Waals surface area contributed by atoms with Gasteiger partial charge in [0.15, 0.2) is 0 Å². The van der Waals surface area contributed by atoms with Crippen LogP contribution in [0.4, 0.5) is 0 Å². The van der Waals surface area contributed by atoms with Crippen molar-refractivity contribution in [3.05, 3.63) is 35.4 Å². The Kier molecular flexibility index (Phi) is 4.82. The first-order chi connectivity index (χ1) is 8.76. The number of hydrogen-bond acceptors (Lipinski definition) is 1. The molecule has 2 rings (SSSR count). The van der Waals surface area contributed by atoms with Crippen molar-refractivity contribution < 1.29 is 0 Å². The monoisotopic (exact) mass is 245 g/mol. The van der Waals surface area contributed by atoms with Crippen LogP contribution in [0.25, 0.3) is 0 Å². The second-order valence-corrected chi connectivity index (χ2v) is 5.81. The lowest BCUT2D eigenvalue weighted by Gasteiger charge is -2.34. The Morgan fingerprint density at radius 2 is 2.06 bits per heavy atom. The Labute approximate surface area is 112 Å². The largest absolute Gasteiger partial charge is 0.327 e. The van der Waals surface area contributed by atoms with Crippen molar-refractivity contribution >= 4 is 0 Å². The van der Waals surface area contributed by atoms with Crippen LogP contribution < -0.4 is 5.73 Å². The molecular formula is C17H27N. The summed E-state index contributed by atoms with van der Waals surface area (Å²) in [6, 6.07) is 9.23. The van der Waals surface area contributed by atoms with E-state index < -0.39 is 0 Å². The fourth-order valence-corrected chi connectivity index (χ4v) is 3.28. The molecule has 0 heterocycles. The van der Waals surface area contributed by atoms with Crippen molar-refractivity contribution in [1.82, 2.24) is 0 Å². The SMILES string of the molecule is CCCCC(CC)C(N)CC1Cc2ccccc21. The number of nitrogens with two attached hydrogens (primary N) is 1. The van der Waals surface area contributed by atoms with Crippen LogP contribution in [0.2, 0.25) is 0 Å². The van der Waals surface area contributed by atoms with Crippen LogP contribution in [-0.2, 0) is 6.42 Å². The fourth-order valence-electron chi connectivity index (χ4n) is 3.28. The zero-order chi connectivity index (χ0) is 13.0. The van der Waals surface area contributed by atoms with Gasteiger partial charge in [-0.25, -0.2) is 0 Å². The summed E-state index contributed by atoms with van der Waals surface area (Å²) in [6.07, 6.45) is 7.58. The van der Waals surface area contributed by atoms with Crippen molar-refractivity contribution in [3.8, 4) is 0 Å². The minimum absolute atomic E-state index is 0.389. The maximum absolute atomic E-state index is 6.44. The highest BCUT2D eigenvalue weighted by molar-refractivity contribution is 5.39. The molecule has 1 aromatic rings. The number of benzene rings is 1. The molecule has 0 fully saturated rings. The Bertz CT molecular complexity index is 372. The smallest absolute Gasteiger partial charge is 0.00729 e. The number of rotatable bonds is 7. The Hall–Kier alpha value is -0.820. The molecule has 3 atom stereocenters. The molecule has 18 heavy (non-hydrogen) atoms. The Balaban J connectivity index is 1.86. The summed E-state index contributed by atoms with van der Waals surface area (Å²) in [5.74, 6) is 1.45. The topological polar surface area (TPSA) is 26.0 Å². The standard InChI is InChI=1S/C17H27N/c1-3-5-8-13(4-2)17(18)12-15-11-14-9-6-7-10-16(14)15/h6-7,9-10,13,15,17H,3-5,8,11-12,18H2,1-2H3. The van der Waals surface area contributed by atoms with Crippen molar-refractivity contribution in [2.24, 2.45) is 11.7 Å². The molecule has 0 radical (unpaired) electrons. The van der Waals surface area contributed by atoms with Crippen LogP contribution in [0.5, 0.6) is 0 Å². The fraction of sp³-hybridized carbons (Fsp3) is 0.647. The molecule has 0 aliphatic heterocycles. The van der Waals surface area contributed by atoms with Gasteiger partial charge < -0.3 is 5.73 Å². The van der Waals surface area contributed by atoms with E-state index in [-0.39, 0.29) is 0 Å². The first-order valence-corrected chi connectivity index (χ1v) is 7.59. The van der Waals surface area contributed by atoms with Gasteiger partial charge in [-0.3, -0.25) is 0 Å². The zero-order valence-corrected chi connectivity index (χ0v) is 11.9. The molecule has 0 bridgehead atoms. The number of fused-ring (bicyclic) bond motifs is 1. The minimum Gasteiger partial charge on any atom is -0.327 e. The summed E-state index contributed by atoms with van der Waals surface area (Å²) in [5.41, 5.74) is 9.53. The van der Waals surface area contributed by atoms with Gasteiger partial charge in [0.05, 0.1) is 0 Å². The van der Waals surface area contributed by atoms with Crippen molar-refractivity contribution in [2.45, 2.75) is 64.3 Å². The van der Waals surface area contributed by atoms with Crippen LogP contribution in [0.1, 0.15) is 63.0 Å². The number of hydrogen-bond donors (Lipinski definition) is 1. The predicted octanol–water partition coefficient (Wildman–Crippen LogP) is 4.26. The van der Waals surface area contributed by atoms with Gasteiger partial charge in [-0.05, 0) is 42.2 Å². The highest BCUT2D eigenvalue weighted by Gasteiger charge is 2.28. The van der Waals surface area contributed by atoms with Gasteiger partial charge in [0.2, 0.25) is 0 Å². The molecule has 0 amide bonds. The quantitative estimate of drug-likeness (QED) is 0.763. The third-order valence-electron chi connectivity index (χ3n) is 4.58. The highest BCUT2D eigenvalue weighted by atomic mass is 14.7. The molecule has 2 N–H and O–H groups in total. The molecule has 100 valence electrons. The maximum Gasteiger partial charge on any atom is 0.00729 e. The lowest BCUT2D eigenvalue weighted by atomic mass is 9.72. The predicted molar refractivity (Wildman–Crippen MR) is 78.8 cm³/mol. The summed E-state index contributed by atoms with van der Waals surface area (Å²) in [6.45, 7) is 4.55.